The summed E-state index contributed by atoms with van der Waals surface area (Å²) in [5.74, 6) is 3.35. The number of thioether (sulfide) groups is 1. The van der Waals surface area contributed by atoms with Crippen molar-refractivity contribution in [3.8, 4) is 17.2 Å². The second-order valence-corrected chi connectivity index (χ2v) is 6.23. The van der Waals surface area contributed by atoms with Gasteiger partial charge < -0.3 is 14.6 Å². The Morgan fingerprint density at radius 3 is 3.25 bits per heavy atom. The fourth-order valence-electron chi connectivity index (χ4n) is 2.60. The Balaban J connectivity index is 1.70. The Labute approximate surface area is 121 Å². The molecule has 1 aromatic carbocycles. The minimum absolute atomic E-state index is 0.381. The van der Waals surface area contributed by atoms with Crippen LogP contribution in [-0.2, 0) is 0 Å². The Kier molecular flexibility index (Phi) is 3.03. The van der Waals surface area contributed by atoms with Gasteiger partial charge in [-0.15, -0.1) is 0 Å². The van der Waals surface area contributed by atoms with E-state index in [9.17, 15) is 0 Å². The van der Waals surface area contributed by atoms with Gasteiger partial charge in [0, 0.05) is 6.54 Å². The molecule has 4 rings (SSSR count). The average Bonchev–Trinajstić information content (AvgIpc) is 3.17. The maximum Gasteiger partial charge on any atom is 0.261 e. The molecule has 1 fully saturated rings. The van der Waals surface area contributed by atoms with Crippen LogP contribution >= 0.6 is 11.8 Å². The Hall–Kier alpha value is -1.69. The summed E-state index contributed by atoms with van der Waals surface area (Å²) in [5, 5.41) is 7.84. The van der Waals surface area contributed by atoms with E-state index in [-0.39, 0.29) is 0 Å². The van der Waals surface area contributed by atoms with Crippen molar-refractivity contribution < 1.29 is 9.26 Å². The molecule has 104 valence electrons. The highest BCUT2D eigenvalue weighted by Gasteiger charge is 2.25. The summed E-state index contributed by atoms with van der Waals surface area (Å²) in [6.45, 7) is 1.48. The zero-order valence-electron chi connectivity index (χ0n) is 11.0. The van der Waals surface area contributed by atoms with Gasteiger partial charge in [-0.3, -0.25) is 0 Å². The van der Waals surface area contributed by atoms with Crippen molar-refractivity contribution in [3.63, 3.8) is 0 Å². The fourth-order valence-corrected chi connectivity index (χ4v) is 3.79. The van der Waals surface area contributed by atoms with Crippen LogP contribution in [0, 0.1) is 0 Å². The number of rotatable bonds is 2. The quantitative estimate of drug-likeness (QED) is 0.916. The van der Waals surface area contributed by atoms with Crippen LogP contribution in [0.5, 0.6) is 5.75 Å². The van der Waals surface area contributed by atoms with Crippen molar-refractivity contribution >= 4 is 17.4 Å². The summed E-state index contributed by atoms with van der Waals surface area (Å²) in [7, 11) is 0. The third kappa shape index (κ3) is 2.04. The number of hydrogen-bond acceptors (Lipinski definition) is 6. The summed E-state index contributed by atoms with van der Waals surface area (Å²) in [4.78, 5) is 4.56. The predicted molar refractivity (Wildman–Crippen MR) is 78.2 cm³/mol. The third-order valence-electron chi connectivity index (χ3n) is 3.57. The molecule has 2 aliphatic heterocycles. The molecule has 2 aromatic rings. The topological polar surface area (TPSA) is 60.2 Å². The molecule has 0 radical (unpaired) electrons. The highest BCUT2D eigenvalue weighted by Crippen LogP contribution is 2.41. The molecule has 0 spiro atoms. The molecule has 6 heteroatoms. The molecule has 0 bridgehead atoms. The minimum Gasteiger partial charge on any atom is -0.489 e. The van der Waals surface area contributed by atoms with E-state index in [4.69, 9.17) is 9.26 Å². The van der Waals surface area contributed by atoms with Gasteiger partial charge in [-0.2, -0.15) is 16.7 Å². The molecule has 1 saturated heterocycles. The fraction of sp³-hybridized carbons (Fsp3) is 0.429. The monoisotopic (exact) mass is 289 g/mol. The van der Waals surface area contributed by atoms with Gasteiger partial charge in [-0.05, 0) is 30.7 Å². The van der Waals surface area contributed by atoms with Gasteiger partial charge in [0.1, 0.15) is 6.61 Å². The second-order valence-electron chi connectivity index (χ2n) is 4.92. The molecule has 0 amide bonds. The zero-order valence-corrected chi connectivity index (χ0v) is 11.8. The molecule has 1 atom stereocenters. The van der Waals surface area contributed by atoms with Crippen LogP contribution in [0.4, 0.5) is 5.69 Å². The van der Waals surface area contributed by atoms with Gasteiger partial charge in [-0.1, -0.05) is 11.2 Å². The zero-order chi connectivity index (χ0) is 13.4. The standard InChI is InChI=1S/C14H15N3O2S/c1-3-9(12-10(4-1)15-6-7-18-12)14-16-13(17-19-14)11-5-2-8-20-11/h1,3-4,11,15H,2,5-8H2. The Morgan fingerprint density at radius 1 is 1.35 bits per heavy atom. The number of aromatic nitrogens is 2. The number of nitrogens with one attached hydrogen (secondary N) is 1. The average molecular weight is 289 g/mol. The van der Waals surface area contributed by atoms with Crippen molar-refractivity contribution in [2.75, 3.05) is 24.2 Å². The summed E-state index contributed by atoms with van der Waals surface area (Å²) in [6.07, 6.45) is 2.36. The molecule has 0 aliphatic carbocycles. The van der Waals surface area contributed by atoms with Crippen LogP contribution in [-0.4, -0.2) is 29.0 Å². The first-order chi connectivity index (χ1) is 9.92. The number of ether oxygens (including phenoxy) is 1. The van der Waals surface area contributed by atoms with Crippen LogP contribution in [0.2, 0.25) is 0 Å². The first-order valence-corrected chi connectivity index (χ1v) is 7.92. The lowest BCUT2D eigenvalue weighted by molar-refractivity contribution is 0.322. The molecule has 1 aromatic heterocycles. The van der Waals surface area contributed by atoms with Crippen LogP contribution in [0.15, 0.2) is 22.7 Å². The number of fused-ring (bicyclic) bond motifs is 1. The second kappa shape index (κ2) is 5.01. The van der Waals surface area contributed by atoms with Crippen molar-refractivity contribution in [2.24, 2.45) is 0 Å². The van der Waals surface area contributed by atoms with Gasteiger partial charge >= 0.3 is 0 Å². The van der Waals surface area contributed by atoms with Crippen LogP contribution in [0.3, 0.4) is 0 Å². The van der Waals surface area contributed by atoms with E-state index in [1.807, 2.05) is 30.0 Å². The lowest BCUT2D eigenvalue weighted by Crippen LogP contribution is -2.18. The summed E-state index contributed by atoms with van der Waals surface area (Å²) in [5.41, 5.74) is 1.86. The van der Waals surface area contributed by atoms with Crippen molar-refractivity contribution in [1.29, 1.82) is 0 Å². The number of hydrogen-bond donors (Lipinski definition) is 1. The van der Waals surface area contributed by atoms with Crippen molar-refractivity contribution in [1.82, 2.24) is 10.1 Å². The molecule has 3 heterocycles. The number of benzene rings is 1. The number of nitrogens with zero attached hydrogens (tertiary/aromatic N) is 2. The normalized spacial score (nSPS) is 21.1. The number of para-hydroxylation sites is 1. The van der Waals surface area contributed by atoms with E-state index in [2.05, 4.69) is 15.5 Å². The molecular weight excluding hydrogens is 274 g/mol. The maximum absolute atomic E-state index is 5.75. The first-order valence-electron chi connectivity index (χ1n) is 6.87. The molecular formula is C14H15N3O2S. The van der Waals surface area contributed by atoms with Gasteiger partial charge in [0.15, 0.2) is 11.6 Å². The highest BCUT2D eigenvalue weighted by atomic mass is 32.2. The van der Waals surface area contributed by atoms with E-state index in [1.54, 1.807) is 0 Å². The Bertz CT molecular complexity index is 623. The molecule has 1 unspecified atom stereocenters. The largest absolute Gasteiger partial charge is 0.489 e. The van der Waals surface area contributed by atoms with E-state index in [0.717, 1.165) is 35.8 Å². The van der Waals surface area contributed by atoms with E-state index < -0.39 is 0 Å². The number of anilines is 1. The predicted octanol–water partition coefficient (Wildman–Crippen LogP) is 3.11. The molecule has 1 N–H and O–H groups in total. The van der Waals surface area contributed by atoms with Crippen LogP contribution < -0.4 is 10.1 Å². The van der Waals surface area contributed by atoms with E-state index in [1.165, 1.54) is 12.2 Å². The van der Waals surface area contributed by atoms with Crippen molar-refractivity contribution in [3.05, 3.63) is 24.0 Å². The summed E-state index contributed by atoms with van der Waals surface area (Å²) >= 11 is 1.90. The molecule has 0 saturated carbocycles. The highest BCUT2D eigenvalue weighted by molar-refractivity contribution is 7.99. The minimum atomic E-state index is 0.381. The van der Waals surface area contributed by atoms with Gasteiger partial charge in [-0.25, -0.2) is 0 Å². The van der Waals surface area contributed by atoms with E-state index in [0.29, 0.717) is 17.7 Å². The SMILES string of the molecule is c1cc2c(c(-c3nc(C4CCCS4)no3)c1)OCCN2. The molecule has 2 aliphatic rings. The summed E-state index contributed by atoms with van der Waals surface area (Å²) < 4.78 is 11.2. The van der Waals surface area contributed by atoms with E-state index >= 15 is 0 Å². The third-order valence-corrected chi connectivity index (χ3v) is 4.94. The summed E-state index contributed by atoms with van der Waals surface area (Å²) in [6, 6.07) is 5.94. The van der Waals surface area contributed by atoms with Crippen LogP contribution in [0.1, 0.15) is 23.9 Å². The smallest absolute Gasteiger partial charge is 0.261 e. The maximum atomic E-state index is 5.75. The lowest BCUT2D eigenvalue weighted by Gasteiger charge is -2.20. The lowest BCUT2D eigenvalue weighted by atomic mass is 10.1. The van der Waals surface area contributed by atoms with Crippen LogP contribution in [0.25, 0.3) is 11.5 Å². The first kappa shape index (κ1) is 12.1. The van der Waals surface area contributed by atoms with Gasteiger partial charge in [0.05, 0.1) is 16.5 Å². The Morgan fingerprint density at radius 2 is 2.35 bits per heavy atom. The molecule has 5 nitrogen and oxygen atoms in total. The van der Waals surface area contributed by atoms with Crippen molar-refractivity contribution in [2.45, 2.75) is 18.1 Å². The molecule has 20 heavy (non-hydrogen) atoms. The van der Waals surface area contributed by atoms with Gasteiger partial charge in [0.25, 0.3) is 5.89 Å². The van der Waals surface area contributed by atoms with Gasteiger partial charge in [0.2, 0.25) is 0 Å².